The largest absolute Gasteiger partial charge is 0.475 e. The zero-order valence-electron chi connectivity index (χ0n) is 10.7. The van der Waals surface area contributed by atoms with Gasteiger partial charge in [0.15, 0.2) is 0 Å². The van der Waals surface area contributed by atoms with Gasteiger partial charge in [-0.1, -0.05) is 41.4 Å². The third kappa shape index (κ3) is 2.06. The zero-order chi connectivity index (χ0) is 14.3. The van der Waals surface area contributed by atoms with Gasteiger partial charge in [-0.05, 0) is 25.1 Å². The van der Waals surface area contributed by atoms with Crippen molar-refractivity contribution in [2.45, 2.75) is 6.92 Å². The van der Waals surface area contributed by atoms with Gasteiger partial charge in [-0.15, -0.1) is 0 Å². The monoisotopic (exact) mass is 286 g/mol. The molecule has 100 valence electrons. The fourth-order valence-corrected chi connectivity index (χ4v) is 2.36. The Morgan fingerprint density at radius 3 is 2.45 bits per heavy atom. The highest BCUT2D eigenvalue weighted by molar-refractivity contribution is 6.31. The van der Waals surface area contributed by atoms with E-state index in [1.165, 1.54) is 0 Å². The van der Waals surface area contributed by atoms with Gasteiger partial charge in [-0.3, -0.25) is 0 Å². The molecule has 1 heterocycles. The van der Waals surface area contributed by atoms with Crippen molar-refractivity contribution in [3.63, 3.8) is 0 Å². The Morgan fingerprint density at radius 2 is 1.80 bits per heavy atom. The Kier molecular flexibility index (Phi) is 2.99. The van der Waals surface area contributed by atoms with E-state index in [2.05, 4.69) is 0 Å². The number of halogens is 1. The predicted octanol–water partition coefficient (Wildman–Crippen LogP) is 4.76. The van der Waals surface area contributed by atoms with Gasteiger partial charge in [0.05, 0.1) is 0 Å². The second-order valence-electron chi connectivity index (χ2n) is 4.62. The number of furan rings is 1. The average Bonchev–Trinajstić information content (AvgIpc) is 2.78. The number of carboxylic acid groups (broad SMARTS) is 1. The van der Waals surface area contributed by atoms with Gasteiger partial charge in [-0.25, -0.2) is 4.79 Å². The minimum absolute atomic E-state index is 0.0627. The number of aryl methyl sites for hydroxylation is 1. The predicted molar refractivity (Wildman–Crippen MR) is 78.4 cm³/mol. The Bertz CT molecular complexity index is 800. The van der Waals surface area contributed by atoms with E-state index in [-0.39, 0.29) is 5.76 Å². The van der Waals surface area contributed by atoms with Gasteiger partial charge < -0.3 is 9.52 Å². The van der Waals surface area contributed by atoms with Crippen molar-refractivity contribution in [1.82, 2.24) is 0 Å². The van der Waals surface area contributed by atoms with Gasteiger partial charge in [0.2, 0.25) is 5.76 Å². The first-order valence-corrected chi connectivity index (χ1v) is 6.46. The van der Waals surface area contributed by atoms with Crippen LogP contribution in [0.1, 0.15) is 16.1 Å². The lowest BCUT2D eigenvalue weighted by molar-refractivity contribution is 0.0666. The fourth-order valence-electron chi connectivity index (χ4n) is 2.19. The SMILES string of the molecule is Cc1ccc(-c2oc(C(=O)O)c3ccc(Cl)cc23)cc1. The summed E-state index contributed by atoms with van der Waals surface area (Å²) in [5, 5.41) is 11.0. The zero-order valence-corrected chi connectivity index (χ0v) is 11.4. The minimum Gasteiger partial charge on any atom is -0.475 e. The first-order chi connectivity index (χ1) is 9.56. The number of rotatable bonds is 2. The molecule has 0 aliphatic carbocycles. The molecule has 2 aromatic carbocycles. The summed E-state index contributed by atoms with van der Waals surface area (Å²) < 4.78 is 5.55. The summed E-state index contributed by atoms with van der Waals surface area (Å²) in [6, 6.07) is 12.8. The van der Waals surface area contributed by atoms with E-state index in [9.17, 15) is 9.90 Å². The molecular formula is C16H11ClO3. The summed E-state index contributed by atoms with van der Waals surface area (Å²) in [5.41, 5.74) is 1.96. The van der Waals surface area contributed by atoms with Crippen LogP contribution in [0, 0.1) is 6.92 Å². The molecule has 0 atom stereocenters. The van der Waals surface area contributed by atoms with Gasteiger partial charge >= 0.3 is 5.97 Å². The molecule has 0 aliphatic rings. The van der Waals surface area contributed by atoms with Crippen LogP contribution in [0.2, 0.25) is 5.02 Å². The molecule has 3 aromatic rings. The van der Waals surface area contributed by atoms with Crippen molar-refractivity contribution < 1.29 is 14.3 Å². The Balaban J connectivity index is 2.32. The quantitative estimate of drug-likeness (QED) is 0.739. The molecule has 0 unspecified atom stereocenters. The molecule has 0 spiro atoms. The molecule has 4 heteroatoms. The number of carbonyl (C=O) groups is 1. The number of carboxylic acids is 1. The fraction of sp³-hybridized carbons (Fsp3) is 0.0625. The summed E-state index contributed by atoms with van der Waals surface area (Å²) in [4.78, 5) is 11.3. The normalized spacial score (nSPS) is 10.9. The molecule has 3 nitrogen and oxygen atoms in total. The van der Waals surface area contributed by atoms with Crippen LogP contribution in [0.3, 0.4) is 0 Å². The molecule has 0 saturated heterocycles. The van der Waals surface area contributed by atoms with Crippen molar-refractivity contribution in [2.75, 3.05) is 0 Å². The van der Waals surface area contributed by atoms with E-state index in [1.54, 1.807) is 18.2 Å². The van der Waals surface area contributed by atoms with Crippen molar-refractivity contribution in [1.29, 1.82) is 0 Å². The van der Waals surface area contributed by atoms with Crippen molar-refractivity contribution >= 4 is 28.3 Å². The van der Waals surface area contributed by atoms with E-state index in [4.69, 9.17) is 16.0 Å². The molecule has 3 rings (SSSR count). The van der Waals surface area contributed by atoms with E-state index in [0.29, 0.717) is 21.6 Å². The lowest BCUT2D eigenvalue weighted by atomic mass is 10.1. The first kappa shape index (κ1) is 12.8. The van der Waals surface area contributed by atoms with Crippen LogP contribution in [0.25, 0.3) is 22.1 Å². The molecule has 0 aliphatic heterocycles. The third-order valence-corrected chi connectivity index (χ3v) is 3.42. The highest BCUT2D eigenvalue weighted by Gasteiger charge is 2.19. The van der Waals surface area contributed by atoms with Crippen LogP contribution in [0.15, 0.2) is 46.9 Å². The number of fused-ring (bicyclic) bond motifs is 1. The summed E-state index contributed by atoms with van der Waals surface area (Å²) in [6.07, 6.45) is 0. The molecule has 0 saturated carbocycles. The summed E-state index contributed by atoms with van der Waals surface area (Å²) in [5.74, 6) is -0.622. The topological polar surface area (TPSA) is 50.4 Å². The van der Waals surface area contributed by atoms with Crippen LogP contribution in [-0.4, -0.2) is 11.1 Å². The van der Waals surface area contributed by atoms with Gasteiger partial charge in [0, 0.05) is 21.4 Å². The van der Waals surface area contributed by atoms with E-state index in [0.717, 1.165) is 11.1 Å². The smallest absolute Gasteiger partial charge is 0.372 e. The van der Waals surface area contributed by atoms with Crippen molar-refractivity contribution in [2.24, 2.45) is 0 Å². The van der Waals surface area contributed by atoms with Crippen LogP contribution >= 0.6 is 11.6 Å². The van der Waals surface area contributed by atoms with Gasteiger partial charge in [-0.2, -0.15) is 0 Å². The molecule has 1 N–H and O–H groups in total. The Labute approximate surface area is 120 Å². The highest BCUT2D eigenvalue weighted by atomic mass is 35.5. The standard InChI is InChI=1S/C16H11ClO3/c1-9-2-4-10(5-3-9)14-13-8-11(17)6-7-12(13)15(20-14)16(18)19/h2-8H,1H3,(H,18,19). The van der Waals surface area contributed by atoms with E-state index in [1.807, 2.05) is 31.2 Å². The van der Waals surface area contributed by atoms with E-state index >= 15 is 0 Å². The maximum Gasteiger partial charge on any atom is 0.372 e. The van der Waals surface area contributed by atoms with Crippen molar-refractivity contribution in [3.05, 3.63) is 58.8 Å². The number of hydrogen-bond acceptors (Lipinski definition) is 2. The maximum absolute atomic E-state index is 11.3. The van der Waals surface area contributed by atoms with Crippen LogP contribution in [0.4, 0.5) is 0 Å². The second-order valence-corrected chi connectivity index (χ2v) is 5.06. The molecule has 1 aromatic heterocycles. The van der Waals surface area contributed by atoms with E-state index < -0.39 is 5.97 Å². The summed E-state index contributed by atoms with van der Waals surface area (Å²) in [7, 11) is 0. The molecular weight excluding hydrogens is 276 g/mol. The molecule has 20 heavy (non-hydrogen) atoms. The second kappa shape index (κ2) is 4.69. The number of aromatic carboxylic acids is 1. The minimum atomic E-state index is -1.09. The Hall–Kier alpha value is -2.26. The molecule has 0 fully saturated rings. The molecule has 0 radical (unpaired) electrons. The van der Waals surface area contributed by atoms with Crippen LogP contribution in [-0.2, 0) is 0 Å². The molecule has 0 amide bonds. The maximum atomic E-state index is 11.3. The summed E-state index contributed by atoms with van der Waals surface area (Å²) >= 11 is 6.00. The highest BCUT2D eigenvalue weighted by Crippen LogP contribution is 2.35. The van der Waals surface area contributed by atoms with Crippen LogP contribution < -0.4 is 0 Å². The number of benzene rings is 2. The summed E-state index contributed by atoms with van der Waals surface area (Å²) in [6.45, 7) is 1.99. The average molecular weight is 287 g/mol. The molecule has 0 bridgehead atoms. The lowest BCUT2D eigenvalue weighted by Gasteiger charge is -1.99. The van der Waals surface area contributed by atoms with Gasteiger partial charge in [0.25, 0.3) is 0 Å². The third-order valence-electron chi connectivity index (χ3n) is 3.18. The lowest BCUT2D eigenvalue weighted by Crippen LogP contribution is -1.93. The van der Waals surface area contributed by atoms with Gasteiger partial charge in [0.1, 0.15) is 5.76 Å². The van der Waals surface area contributed by atoms with Crippen molar-refractivity contribution in [3.8, 4) is 11.3 Å². The Morgan fingerprint density at radius 1 is 1.10 bits per heavy atom. The number of hydrogen-bond donors (Lipinski definition) is 1. The van der Waals surface area contributed by atoms with Crippen LogP contribution in [0.5, 0.6) is 0 Å². The first-order valence-electron chi connectivity index (χ1n) is 6.08.